The van der Waals surface area contributed by atoms with Crippen molar-refractivity contribution in [1.29, 1.82) is 0 Å². The Morgan fingerprint density at radius 1 is 0.956 bits per heavy atom. The lowest BCUT2D eigenvalue weighted by molar-refractivity contribution is -0.686. The van der Waals surface area contributed by atoms with Crippen molar-refractivity contribution in [3.8, 4) is 34.3 Å². The van der Waals surface area contributed by atoms with Gasteiger partial charge in [-0.25, -0.2) is 0 Å². The number of carbonyl (C=O) groups is 2. The lowest BCUT2D eigenvalue weighted by Crippen LogP contribution is -2.42. The van der Waals surface area contributed by atoms with E-state index in [0.717, 1.165) is 59.3 Å². The van der Waals surface area contributed by atoms with Crippen molar-refractivity contribution < 1.29 is 33.1 Å². The average molecular weight is 622 g/mol. The molecule has 0 bridgehead atoms. The molecule has 242 valence electrons. The SMILES string of the molecule is COc1ccc2cc3[n+](cc2c1OCCNC(=O)C(N)CCCCNC(=O)C(N)CCCCN)CCc1cc2c(cc1-3)OCO2. The Kier molecular flexibility index (Phi) is 10.9. The third-order valence-electron chi connectivity index (χ3n) is 8.33. The maximum atomic E-state index is 12.6. The number of fused-ring (bicyclic) bond motifs is 5. The zero-order valence-electron chi connectivity index (χ0n) is 25.9. The Morgan fingerprint density at radius 2 is 1.67 bits per heavy atom. The number of unbranched alkanes of at least 4 members (excludes halogenated alkanes) is 2. The number of nitrogens with one attached hydrogen (secondary N) is 2. The monoisotopic (exact) mass is 621 g/mol. The van der Waals surface area contributed by atoms with Crippen molar-refractivity contribution in [1.82, 2.24) is 10.6 Å². The first-order chi connectivity index (χ1) is 21.9. The summed E-state index contributed by atoms with van der Waals surface area (Å²) >= 11 is 0. The molecule has 2 amide bonds. The molecule has 12 nitrogen and oxygen atoms in total. The number of hydrogen-bond acceptors (Lipinski definition) is 9. The summed E-state index contributed by atoms with van der Waals surface area (Å²) in [6.07, 6.45) is 7.21. The second kappa shape index (κ2) is 15.2. The van der Waals surface area contributed by atoms with Crippen LogP contribution in [-0.4, -0.2) is 64.0 Å². The predicted molar refractivity (Wildman–Crippen MR) is 170 cm³/mol. The number of pyridine rings is 1. The van der Waals surface area contributed by atoms with Crippen LogP contribution in [0, 0.1) is 0 Å². The van der Waals surface area contributed by atoms with E-state index in [1.807, 2.05) is 12.1 Å². The lowest BCUT2D eigenvalue weighted by Gasteiger charge is -2.18. The van der Waals surface area contributed by atoms with E-state index in [-0.39, 0.29) is 25.2 Å². The Morgan fingerprint density at radius 3 is 2.40 bits per heavy atom. The molecular formula is C33H45N6O6+. The highest BCUT2D eigenvalue weighted by Crippen LogP contribution is 2.41. The number of amides is 2. The molecule has 3 aromatic rings. The number of ether oxygens (including phenoxy) is 4. The van der Waals surface area contributed by atoms with Gasteiger partial charge < -0.3 is 46.8 Å². The van der Waals surface area contributed by atoms with E-state index in [4.69, 9.17) is 36.1 Å². The normalized spacial score (nSPS) is 14.3. The van der Waals surface area contributed by atoms with Gasteiger partial charge in [0.1, 0.15) is 6.61 Å². The number of nitrogens with two attached hydrogens (primary N) is 3. The van der Waals surface area contributed by atoms with Crippen molar-refractivity contribution in [3.63, 3.8) is 0 Å². The summed E-state index contributed by atoms with van der Waals surface area (Å²) in [6.45, 7) is 2.70. The van der Waals surface area contributed by atoms with Crippen molar-refractivity contribution in [2.75, 3.05) is 40.1 Å². The van der Waals surface area contributed by atoms with E-state index < -0.39 is 12.1 Å². The van der Waals surface area contributed by atoms with Gasteiger partial charge in [0.05, 0.1) is 36.7 Å². The number of carbonyl (C=O) groups excluding carboxylic acids is 2. The first-order valence-corrected chi connectivity index (χ1v) is 15.8. The fourth-order valence-corrected chi connectivity index (χ4v) is 5.77. The number of hydrogen-bond donors (Lipinski definition) is 5. The molecular weight excluding hydrogens is 576 g/mol. The van der Waals surface area contributed by atoms with Crippen LogP contribution < -0.4 is 51.3 Å². The zero-order chi connectivity index (χ0) is 31.8. The van der Waals surface area contributed by atoms with Gasteiger partial charge in [-0.3, -0.25) is 9.59 Å². The summed E-state index contributed by atoms with van der Waals surface area (Å²) < 4.78 is 25.3. The first kappa shape index (κ1) is 32.3. The van der Waals surface area contributed by atoms with Crippen molar-refractivity contribution in [3.05, 3.63) is 42.1 Å². The fourth-order valence-electron chi connectivity index (χ4n) is 5.77. The van der Waals surface area contributed by atoms with Gasteiger partial charge in [0.15, 0.2) is 35.7 Å². The van der Waals surface area contributed by atoms with E-state index in [0.29, 0.717) is 56.8 Å². The molecule has 3 heterocycles. The smallest absolute Gasteiger partial charge is 0.237 e. The van der Waals surface area contributed by atoms with Gasteiger partial charge in [-0.1, -0.05) is 6.42 Å². The summed E-state index contributed by atoms with van der Waals surface area (Å²) in [6, 6.07) is 9.05. The molecule has 2 aromatic carbocycles. The molecule has 1 aromatic heterocycles. The molecule has 0 fully saturated rings. The van der Waals surface area contributed by atoms with Crippen molar-refractivity contribution >= 4 is 22.6 Å². The topological polar surface area (TPSA) is 177 Å². The van der Waals surface area contributed by atoms with Crippen LogP contribution in [0.4, 0.5) is 0 Å². The number of aromatic nitrogens is 1. The molecule has 8 N–H and O–H groups in total. The predicted octanol–water partition coefficient (Wildman–Crippen LogP) is 1.65. The molecule has 12 heteroatoms. The summed E-state index contributed by atoms with van der Waals surface area (Å²) in [5.41, 5.74) is 21.0. The van der Waals surface area contributed by atoms with Crippen LogP contribution in [-0.2, 0) is 22.6 Å². The van der Waals surface area contributed by atoms with Gasteiger partial charge in [-0.2, -0.15) is 4.57 Å². The largest absolute Gasteiger partial charge is 0.493 e. The molecule has 0 saturated heterocycles. The highest BCUT2D eigenvalue weighted by Gasteiger charge is 2.28. The highest BCUT2D eigenvalue weighted by molar-refractivity contribution is 5.92. The summed E-state index contributed by atoms with van der Waals surface area (Å²) in [5, 5.41) is 7.65. The van der Waals surface area contributed by atoms with Crippen LogP contribution in [0.3, 0.4) is 0 Å². The molecule has 2 unspecified atom stereocenters. The Hall–Kier alpha value is -4.13. The third-order valence-corrected chi connectivity index (χ3v) is 8.33. The van der Waals surface area contributed by atoms with E-state index >= 15 is 0 Å². The first-order valence-electron chi connectivity index (χ1n) is 15.8. The van der Waals surface area contributed by atoms with Gasteiger partial charge in [0, 0.05) is 19.0 Å². The molecule has 45 heavy (non-hydrogen) atoms. The third kappa shape index (κ3) is 7.75. The number of aryl methyl sites for hydroxylation is 2. The number of nitrogens with zero attached hydrogens (tertiary/aromatic N) is 1. The Balaban J connectivity index is 1.11. The molecule has 0 radical (unpaired) electrons. The van der Waals surface area contributed by atoms with Gasteiger partial charge in [-0.05, 0) is 73.9 Å². The van der Waals surface area contributed by atoms with E-state index in [1.54, 1.807) is 7.11 Å². The molecule has 2 aliphatic rings. The van der Waals surface area contributed by atoms with Crippen LogP contribution in [0.5, 0.6) is 23.0 Å². The van der Waals surface area contributed by atoms with E-state index in [2.05, 4.69) is 39.6 Å². The zero-order valence-corrected chi connectivity index (χ0v) is 25.9. The molecule has 5 rings (SSSR count). The second-order valence-corrected chi connectivity index (χ2v) is 11.5. The minimum Gasteiger partial charge on any atom is -0.493 e. The molecule has 0 saturated carbocycles. The average Bonchev–Trinajstić information content (AvgIpc) is 3.51. The number of rotatable bonds is 16. The van der Waals surface area contributed by atoms with Gasteiger partial charge in [0.2, 0.25) is 24.3 Å². The second-order valence-electron chi connectivity index (χ2n) is 11.5. The molecule has 0 spiro atoms. The van der Waals surface area contributed by atoms with E-state index in [9.17, 15) is 9.59 Å². The molecule has 2 atom stereocenters. The van der Waals surface area contributed by atoms with Crippen molar-refractivity contribution in [2.45, 2.75) is 63.6 Å². The minimum atomic E-state index is -0.643. The van der Waals surface area contributed by atoms with Crippen LogP contribution >= 0.6 is 0 Å². The lowest BCUT2D eigenvalue weighted by atomic mass is 9.95. The van der Waals surface area contributed by atoms with Crippen LogP contribution in [0.15, 0.2) is 36.5 Å². The Labute approximate surface area is 263 Å². The van der Waals surface area contributed by atoms with E-state index in [1.165, 1.54) is 5.56 Å². The highest BCUT2D eigenvalue weighted by atomic mass is 16.7. The van der Waals surface area contributed by atoms with Crippen LogP contribution in [0.2, 0.25) is 0 Å². The minimum absolute atomic E-state index is 0.158. The fraction of sp³-hybridized carbons (Fsp3) is 0.485. The summed E-state index contributed by atoms with van der Waals surface area (Å²) in [7, 11) is 1.61. The number of methoxy groups -OCH3 is 1. The van der Waals surface area contributed by atoms with Gasteiger partial charge >= 0.3 is 0 Å². The Bertz CT molecular complexity index is 1520. The van der Waals surface area contributed by atoms with Crippen molar-refractivity contribution in [2.24, 2.45) is 17.2 Å². The van der Waals surface area contributed by atoms with Crippen LogP contribution in [0.25, 0.3) is 22.0 Å². The van der Waals surface area contributed by atoms with Gasteiger partial charge in [0.25, 0.3) is 0 Å². The molecule has 0 aliphatic carbocycles. The number of benzene rings is 2. The molecule has 2 aliphatic heterocycles. The summed E-state index contributed by atoms with van der Waals surface area (Å²) in [4.78, 5) is 24.6. The standard InChI is InChI=1S/C33H44N6O6/c1-42-28-9-8-21-16-27-23-18-30-29(44-20-45-30)17-22(23)10-14-39(27)19-24(21)31(28)43-15-13-38-33(41)26(36)7-3-5-12-37-32(40)25(35)6-2-4-11-34/h8-9,16-19,25-26H,2-7,10-15,20,34-36H2,1H3,(H-,37,38,40,41)/p+1. The quantitative estimate of drug-likeness (QED) is 0.118. The van der Waals surface area contributed by atoms with Crippen LogP contribution in [0.1, 0.15) is 44.1 Å². The maximum absolute atomic E-state index is 12.6. The maximum Gasteiger partial charge on any atom is 0.237 e. The van der Waals surface area contributed by atoms with Gasteiger partial charge in [-0.15, -0.1) is 0 Å². The summed E-state index contributed by atoms with van der Waals surface area (Å²) in [5.74, 6) is 2.42.